The van der Waals surface area contributed by atoms with Crippen LogP contribution in [-0.2, 0) is 9.59 Å². The van der Waals surface area contributed by atoms with E-state index in [0.29, 0.717) is 5.56 Å². The van der Waals surface area contributed by atoms with Gasteiger partial charge in [-0.25, -0.2) is 0 Å². The van der Waals surface area contributed by atoms with Crippen molar-refractivity contribution in [1.29, 1.82) is 0 Å². The van der Waals surface area contributed by atoms with Crippen LogP contribution in [0.4, 0.5) is 0 Å². The third kappa shape index (κ3) is 3.06. The molecule has 1 atom stereocenters. The summed E-state index contributed by atoms with van der Waals surface area (Å²) in [5, 5.41) is 8.55. The zero-order valence-electron chi connectivity index (χ0n) is 8.96. The first kappa shape index (κ1) is 12.2. The van der Waals surface area contributed by atoms with Gasteiger partial charge in [-0.15, -0.1) is 0 Å². The number of benzene rings is 1. The first-order valence-corrected chi connectivity index (χ1v) is 4.79. The van der Waals surface area contributed by atoms with Crippen molar-refractivity contribution >= 4 is 11.9 Å². The fraction of sp³-hybridized carbons (Fsp3) is 0.273. The van der Waals surface area contributed by atoms with Gasteiger partial charge in [0.05, 0.1) is 0 Å². The third-order valence-corrected chi connectivity index (χ3v) is 2.17. The number of hydrogen-bond acceptors (Lipinski definition) is 3. The summed E-state index contributed by atoms with van der Waals surface area (Å²) in [6, 6.07) is 8.03. The van der Waals surface area contributed by atoms with Crippen LogP contribution in [0.1, 0.15) is 11.6 Å². The standard InChI is InChI=1S/C11H14N2O3/c1-13(7-9(14)15)11(16)10(12)8-5-3-2-4-6-8/h2-6,10H,7,12H2,1H3,(H,14,15). The van der Waals surface area contributed by atoms with Gasteiger partial charge in [0.2, 0.25) is 5.91 Å². The lowest BCUT2D eigenvalue weighted by Crippen LogP contribution is -2.38. The molecule has 0 saturated heterocycles. The Morgan fingerprint density at radius 2 is 1.94 bits per heavy atom. The molecule has 3 N–H and O–H groups in total. The fourth-order valence-corrected chi connectivity index (χ4v) is 1.32. The van der Waals surface area contributed by atoms with Gasteiger partial charge in [-0.2, -0.15) is 0 Å². The van der Waals surface area contributed by atoms with Gasteiger partial charge in [0, 0.05) is 7.05 Å². The molecule has 0 radical (unpaired) electrons. The molecule has 5 nitrogen and oxygen atoms in total. The number of rotatable bonds is 4. The molecule has 0 bridgehead atoms. The fourth-order valence-electron chi connectivity index (χ4n) is 1.32. The van der Waals surface area contributed by atoms with E-state index in [4.69, 9.17) is 10.8 Å². The predicted molar refractivity (Wildman–Crippen MR) is 58.6 cm³/mol. The Morgan fingerprint density at radius 1 is 1.38 bits per heavy atom. The Balaban J connectivity index is 2.71. The molecular formula is C11H14N2O3. The quantitative estimate of drug-likeness (QED) is 0.763. The van der Waals surface area contributed by atoms with Gasteiger partial charge in [-0.05, 0) is 5.56 Å². The molecule has 5 heteroatoms. The first-order valence-electron chi connectivity index (χ1n) is 4.79. The van der Waals surface area contributed by atoms with E-state index in [1.165, 1.54) is 7.05 Å². The summed E-state index contributed by atoms with van der Waals surface area (Å²) in [5.74, 6) is -1.47. The van der Waals surface area contributed by atoms with Crippen molar-refractivity contribution in [3.8, 4) is 0 Å². The number of carboxylic acids is 1. The maximum absolute atomic E-state index is 11.7. The number of amides is 1. The topological polar surface area (TPSA) is 83.6 Å². The normalized spacial score (nSPS) is 11.9. The first-order chi connectivity index (χ1) is 7.52. The second kappa shape index (κ2) is 5.27. The van der Waals surface area contributed by atoms with E-state index in [1.807, 2.05) is 6.07 Å². The monoisotopic (exact) mass is 222 g/mol. The molecule has 0 saturated carbocycles. The molecule has 1 unspecified atom stereocenters. The average molecular weight is 222 g/mol. The van der Waals surface area contributed by atoms with Crippen LogP contribution in [0.5, 0.6) is 0 Å². The number of carbonyl (C=O) groups excluding carboxylic acids is 1. The van der Waals surface area contributed by atoms with E-state index in [0.717, 1.165) is 4.90 Å². The third-order valence-electron chi connectivity index (χ3n) is 2.17. The molecule has 0 aliphatic rings. The van der Waals surface area contributed by atoms with E-state index in [2.05, 4.69) is 0 Å². The molecule has 0 spiro atoms. The van der Waals surface area contributed by atoms with Crippen LogP contribution >= 0.6 is 0 Å². The maximum Gasteiger partial charge on any atom is 0.323 e. The van der Waals surface area contributed by atoms with Gasteiger partial charge < -0.3 is 15.7 Å². The maximum atomic E-state index is 11.7. The summed E-state index contributed by atoms with van der Waals surface area (Å²) >= 11 is 0. The number of carboxylic acid groups (broad SMARTS) is 1. The largest absolute Gasteiger partial charge is 0.480 e. The zero-order chi connectivity index (χ0) is 12.1. The molecule has 16 heavy (non-hydrogen) atoms. The van der Waals surface area contributed by atoms with Crippen LogP contribution in [-0.4, -0.2) is 35.5 Å². The van der Waals surface area contributed by atoms with Crippen LogP contribution in [0.3, 0.4) is 0 Å². The molecular weight excluding hydrogens is 208 g/mol. The Hall–Kier alpha value is -1.88. The van der Waals surface area contributed by atoms with E-state index in [9.17, 15) is 9.59 Å². The molecule has 86 valence electrons. The molecule has 0 aliphatic heterocycles. The van der Waals surface area contributed by atoms with Crippen LogP contribution in [0.25, 0.3) is 0 Å². The highest BCUT2D eigenvalue weighted by atomic mass is 16.4. The number of aliphatic carboxylic acids is 1. The number of nitrogens with zero attached hydrogens (tertiary/aromatic N) is 1. The van der Waals surface area contributed by atoms with Crippen LogP contribution in [0, 0.1) is 0 Å². The lowest BCUT2D eigenvalue weighted by Gasteiger charge is -2.19. The lowest BCUT2D eigenvalue weighted by molar-refractivity contribution is -0.144. The Morgan fingerprint density at radius 3 is 2.44 bits per heavy atom. The minimum atomic E-state index is -1.06. The Bertz CT molecular complexity index is 378. The summed E-state index contributed by atoms with van der Waals surface area (Å²) in [6.07, 6.45) is 0. The second-order valence-corrected chi connectivity index (χ2v) is 3.48. The highest BCUT2D eigenvalue weighted by molar-refractivity contribution is 5.85. The molecule has 1 aromatic rings. The van der Waals surface area contributed by atoms with Crippen LogP contribution in [0.2, 0.25) is 0 Å². The van der Waals surface area contributed by atoms with Gasteiger partial charge in [0.1, 0.15) is 12.6 Å². The summed E-state index contributed by atoms with van der Waals surface area (Å²) in [6.45, 7) is -0.348. The molecule has 0 fully saturated rings. The summed E-state index contributed by atoms with van der Waals surface area (Å²) < 4.78 is 0. The van der Waals surface area contributed by atoms with Gasteiger partial charge in [0.25, 0.3) is 0 Å². The van der Waals surface area contributed by atoms with Crippen molar-refractivity contribution in [1.82, 2.24) is 4.90 Å². The SMILES string of the molecule is CN(CC(=O)O)C(=O)C(N)c1ccccc1. The zero-order valence-corrected chi connectivity index (χ0v) is 8.96. The number of likely N-dealkylation sites (N-methyl/N-ethyl adjacent to an activating group) is 1. The number of carbonyl (C=O) groups is 2. The van der Waals surface area contributed by atoms with Gasteiger partial charge in [0.15, 0.2) is 0 Å². The van der Waals surface area contributed by atoms with E-state index >= 15 is 0 Å². The van der Waals surface area contributed by atoms with Crippen LogP contribution < -0.4 is 5.73 Å². The summed E-state index contributed by atoms with van der Waals surface area (Å²) in [5.41, 5.74) is 6.40. The van der Waals surface area contributed by atoms with Crippen molar-refractivity contribution in [2.24, 2.45) is 5.73 Å². The van der Waals surface area contributed by atoms with Gasteiger partial charge in [-0.1, -0.05) is 30.3 Å². The van der Waals surface area contributed by atoms with Crippen molar-refractivity contribution < 1.29 is 14.7 Å². The minimum Gasteiger partial charge on any atom is -0.480 e. The smallest absolute Gasteiger partial charge is 0.323 e. The summed E-state index contributed by atoms with van der Waals surface area (Å²) in [4.78, 5) is 23.3. The lowest BCUT2D eigenvalue weighted by atomic mass is 10.1. The highest BCUT2D eigenvalue weighted by Crippen LogP contribution is 2.11. The van der Waals surface area contributed by atoms with Gasteiger partial charge in [-0.3, -0.25) is 9.59 Å². The second-order valence-electron chi connectivity index (χ2n) is 3.48. The Labute approximate surface area is 93.5 Å². The van der Waals surface area contributed by atoms with E-state index < -0.39 is 17.9 Å². The highest BCUT2D eigenvalue weighted by Gasteiger charge is 2.20. The molecule has 0 aliphatic carbocycles. The van der Waals surface area contributed by atoms with Crippen LogP contribution in [0.15, 0.2) is 30.3 Å². The van der Waals surface area contributed by atoms with Crippen molar-refractivity contribution in [3.05, 3.63) is 35.9 Å². The molecule has 0 heterocycles. The predicted octanol–water partition coefficient (Wildman–Crippen LogP) is 0.229. The van der Waals surface area contributed by atoms with E-state index in [-0.39, 0.29) is 6.54 Å². The molecule has 1 rings (SSSR count). The number of hydrogen-bond donors (Lipinski definition) is 2. The average Bonchev–Trinajstić information content (AvgIpc) is 2.27. The van der Waals surface area contributed by atoms with Crippen molar-refractivity contribution in [2.75, 3.05) is 13.6 Å². The molecule has 1 aromatic carbocycles. The molecule has 1 amide bonds. The minimum absolute atomic E-state index is 0.348. The number of nitrogens with two attached hydrogens (primary N) is 1. The molecule has 0 aromatic heterocycles. The van der Waals surface area contributed by atoms with Crippen molar-refractivity contribution in [3.63, 3.8) is 0 Å². The van der Waals surface area contributed by atoms with Gasteiger partial charge >= 0.3 is 5.97 Å². The van der Waals surface area contributed by atoms with Crippen molar-refractivity contribution in [2.45, 2.75) is 6.04 Å². The summed E-state index contributed by atoms with van der Waals surface area (Å²) in [7, 11) is 1.42. The Kier molecular flexibility index (Phi) is 4.02. The van der Waals surface area contributed by atoms with E-state index in [1.54, 1.807) is 24.3 Å².